The van der Waals surface area contributed by atoms with E-state index in [1.165, 1.54) is 6.20 Å². The van der Waals surface area contributed by atoms with Crippen LogP contribution < -0.4 is 21.9 Å². The highest BCUT2D eigenvalue weighted by Crippen LogP contribution is 2.04. The third-order valence-electron chi connectivity index (χ3n) is 2.94. The van der Waals surface area contributed by atoms with Gasteiger partial charge in [-0.1, -0.05) is 0 Å². The number of carbonyl (C=O) groups is 1. The highest BCUT2D eigenvalue weighted by Gasteiger charge is 2.06. The minimum absolute atomic E-state index is 0.0141. The topological polar surface area (TPSA) is 133 Å². The Hall–Kier alpha value is -2.97. The number of nitrogens with one attached hydrogen (secondary N) is 4. The number of hydrogen-bond donors (Lipinski definition) is 4. The predicted octanol–water partition coefficient (Wildman–Crippen LogP) is 0.301. The third-order valence-corrected chi connectivity index (χ3v) is 2.94. The predicted molar refractivity (Wildman–Crippen MR) is 85.5 cm³/mol. The van der Waals surface area contributed by atoms with Gasteiger partial charge < -0.3 is 15.6 Å². The lowest BCUT2D eigenvalue weighted by Crippen LogP contribution is -2.26. The number of hydrogen-bond acceptors (Lipinski definition) is 6. The van der Waals surface area contributed by atoms with Crippen molar-refractivity contribution < 1.29 is 4.79 Å². The highest BCUT2D eigenvalue weighted by molar-refractivity contribution is 5.90. The van der Waals surface area contributed by atoms with Crippen LogP contribution in [0.1, 0.15) is 24.2 Å². The number of carbonyl (C=O) groups excluding carboxylic acids is 1. The summed E-state index contributed by atoms with van der Waals surface area (Å²) < 4.78 is 0. The minimum atomic E-state index is -0.635. The summed E-state index contributed by atoms with van der Waals surface area (Å²) in [5.41, 5.74) is 0.500. The fraction of sp³-hybridized carbons (Fsp3) is 0.357. The summed E-state index contributed by atoms with van der Waals surface area (Å²) >= 11 is 0. The number of amides is 1. The van der Waals surface area contributed by atoms with Crippen molar-refractivity contribution in [3.63, 3.8) is 0 Å². The molecular formula is C14H18N6O3. The van der Waals surface area contributed by atoms with Crippen molar-refractivity contribution >= 4 is 17.5 Å². The molecule has 0 bridgehead atoms. The van der Waals surface area contributed by atoms with Crippen LogP contribution in [-0.4, -0.2) is 32.4 Å². The summed E-state index contributed by atoms with van der Waals surface area (Å²) in [6.45, 7) is 4.29. The molecule has 0 fully saturated rings. The molecule has 0 aliphatic heterocycles. The van der Waals surface area contributed by atoms with Gasteiger partial charge >= 0.3 is 5.69 Å². The molecule has 122 valence electrons. The van der Waals surface area contributed by atoms with E-state index in [1.807, 2.05) is 24.9 Å². The van der Waals surface area contributed by atoms with Gasteiger partial charge in [0.25, 0.3) is 5.56 Å². The van der Waals surface area contributed by atoms with Crippen LogP contribution in [0.4, 0.5) is 11.6 Å². The summed E-state index contributed by atoms with van der Waals surface area (Å²) in [6.07, 6.45) is 1.93. The number of anilines is 2. The van der Waals surface area contributed by atoms with Crippen molar-refractivity contribution in [2.24, 2.45) is 0 Å². The lowest BCUT2D eigenvalue weighted by molar-refractivity contribution is -0.116. The fourth-order valence-electron chi connectivity index (χ4n) is 1.97. The second-order valence-electron chi connectivity index (χ2n) is 5.04. The molecule has 9 heteroatoms. The molecule has 2 aromatic rings. The summed E-state index contributed by atoms with van der Waals surface area (Å²) in [5, 5.41) is 5.49. The lowest BCUT2D eigenvalue weighted by atomic mass is 10.3. The minimum Gasteiger partial charge on any atom is -0.354 e. The van der Waals surface area contributed by atoms with Crippen LogP contribution in [-0.2, 0) is 4.79 Å². The molecule has 0 saturated carbocycles. The van der Waals surface area contributed by atoms with Gasteiger partial charge in [0.05, 0.1) is 0 Å². The first-order valence-corrected chi connectivity index (χ1v) is 7.12. The maximum absolute atomic E-state index is 11.8. The Bertz CT molecular complexity index is 790. The second-order valence-corrected chi connectivity index (χ2v) is 5.04. The zero-order chi connectivity index (χ0) is 16.8. The summed E-state index contributed by atoms with van der Waals surface area (Å²) in [4.78, 5) is 46.9. The van der Waals surface area contributed by atoms with Crippen LogP contribution in [0.2, 0.25) is 0 Å². The van der Waals surface area contributed by atoms with E-state index in [1.54, 1.807) is 0 Å². The number of aromatic nitrogens is 4. The zero-order valence-corrected chi connectivity index (χ0v) is 12.9. The molecule has 2 aromatic heterocycles. The molecule has 0 unspecified atom stereocenters. The van der Waals surface area contributed by atoms with E-state index >= 15 is 0 Å². The number of H-pyrrole nitrogens is 2. The largest absolute Gasteiger partial charge is 0.354 e. The smallest absolute Gasteiger partial charge is 0.325 e. The van der Waals surface area contributed by atoms with E-state index < -0.39 is 11.2 Å². The Morgan fingerprint density at radius 2 is 1.91 bits per heavy atom. The number of nitrogens with zero attached hydrogens (tertiary/aromatic N) is 2. The summed E-state index contributed by atoms with van der Waals surface area (Å²) in [7, 11) is 0. The van der Waals surface area contributed by atoms with Crippen LogP contribution in [0.15, 0.2) is 21.9 Å². The Morgan fingerprint density at radius 3 is 2.57 bits per heavy atom. The molecule has 0 atom stereocenters. The monoisotopic (exact) mass is 318 g/mol. The molecule has 23 heavy (non-hydrogen) atoms. The lowest BCUT2D eigenvalue weighted by Gasteiger charge is -2.07. The molecule has 0 saturated heterocycles. The van der Waals surface area contributed by atoms with E-state index in [2.05, 4.69) is 25.6 Å². The summed E-state index contributed by atoms with van der Waals surface area (Å²) in [6, 6.07) is 1.88. The standard InChI is InChI=1S/C14H18N6O3/c1-8-6-9(2)18-13(17-8)15-5-3-4-11(21)19-10-7-16-14(23)20-12(10)22/h6-7H,3-5H2,1-2H3,(H,19,21)(H,15,17,18)(H2,16,20,22,23). The molecule has 0 aromatic carbocycles. The van der Waals surface area contributed by atoms with Gasteiger partial charge in [-0.3, -0.25) is 14.6 Å². The van der Waals surface area contributed by atoms with E-state index in [4.69, 9.17) is 0 Å². The molecule has 2 rings (SSSR count). The first-order chi connectivity index (χ1) is 10.9. The molecule has 9 nitrogen and oxygen atoms in total. The molecule has 2 heterocycles. The molecule has 0 radical (unpaired) electrons. The van der Waals surface area contributed by atoms with Crippen molar-refractivity contribution in [1.29, 1.82) is 0 Å². The van der Waals surface area contributed by atoms with E-state index in [9.17, 15) is 14.4 Å². The van der Waals surface area contributed by atoms with Crippen molar-refractivity contribution in [1.82, 2.24) is 19.9 Å². The number of aromatic amines is 2. The van der Waals surface area contributed by atoms with E-state index in [0.717, 1.165) is 11.4 Å². The first kappa shape index (κ1) is 16.4. The van der Waals surface area contributed by atoms with Crippen LogP contribution >= 0.6 is 0 Å². The number of aryl methyl sites for hydroxylation is 2. The highest BCUT2D eigenvalue weighted by atomic mass is 16.2. The number of rotatable bonds is 6. The van der Waals surface area contributed by atoms with Gasteiger partial charge in [0.15, 0.2) is 0 Å². The van der Waals surface area contributed by atoms with Gasteiger partial charge in [-0.15, -0.1) is 0 Å². The second kappa shape index (κ2) is 7.34. The Labute approximate surface area is 131 Å². The van der Waals surface area contributed by atoms with Gasteiger partial charge in [0.1, 0.15) is 5.69 Å². The molecule has 0 aliphatic carbocycles. The molecule has 1 amide bonds. The third kappa shape index (κ3) is 5.06. The van der Waals surface area contributed by atoms with E-state index in [0.29, 0.717) is 18.9 Å². The molecule has 4 N–H and O–H groups in total. The average molecular weight is 318 g/mol. The van der Waals surface area contributed by atoms with Crippen LogP contribution in [0.5, 0.6) is 0 Å². The first-order valence-electron chi connectivity index (χ1n) is 7.12. The molecule has 0 aliphatic rings. The van der Waals surface area contributed by atoms with Crippen LogP contribution in [0.3, 0.4) is 0 Å². The van der Waals surface area contributed by atoms with Crippen LogP contribution in [0.25, 0.3) is 0 Å². The Morgan fingerprint density at radius 1 is 1.22 bits per heavy atom. The van der Waals surface area contributed by atoms with Gasteiger partial charge in [0.2, 0.25) is 11.9 Å². The quantitative estimate of drug-likeness (QED) is 0.566. The normalized spacial score (nSPS) is 10.3. The molecule has 0 spiro atoms. The maximum Gasteiger partial charge on any atom is 0.325 e. The maximum atomic E-state index is 11.8. The van der Waals surface area contributed by atoms with Crippen LogP contribution in [0, 0.1) is 13.8 Å². The van der Waals surface area contributed by atoms with Crippen molar-refractivity contribution in [3.05, 3.63) is 44.5 Å². The van der Waals surface area contributed by atoms with Crippen molar-refractivity contribution in [3.8, 4) is 0 Å². The fourth-order valence-corrected chi connectivity index (χ4v) is 1.97. The zero-order valence-electron chi connectivity index (χ0n) is 12.9. The average Bonchev–Trinajstić information content (AvgIpc) is 2.46. The van der Waals surface area contributed by atoms with Gasteiger partial charge in [-0.2, -0.15) is 0 Å². The Kier molecular flexibility index (Phi) is 5.23. The summed E-state index contributed by atoms with van der Waals surface area (Å²) in [5.74, 6) is 0.214. The van der Waals surface area contributed by atoms with Crippen molar-refractivity contribution in [2.45, 2.75) is 26.7 Å². The molecular weight excluding hydrogens is 300 g/mol. The van der Waals surface area contributed by atoms with Gasteiger partial charge in [0, 0.05) is 30.6 Å². The van der Waals surface area contributed by atoms with E-state index in [-0.39, 0.29) is 18.0 Å². The Balaban J connectivity index is 1.78. The van der Waals surface area contributed by atoms with Gasteiger partial charge in [-0.05, 0) is 26.3 Å². The van der Waals surface area contributed by atoms with Crippen molar-refractivity contribution in [2.75, 3.05) is 17.2 Å². The SMILES string of the molecule is Cc1cc(C)nc(NCCCC(=O)Nc2c[nH]c(=O)[nH]c2=O)n1. The van der Waals surface area contributed by atoms with Gasteiger partial charge in [-0.25, -0.2) is 14.8 Å².